The molecule has 7 rings (SSSR count). The minimum atomic E-state index is -0.690. The molecule has 11 heteroatoms. The minimum Gasteiger partial charge on any atom is -0.463 e. The number of amides is 1. The molecule has 0 aliphatic carbocycles. The highest BCUT2D eigenvalue weighted by atomic mass is 32.1. The number of hydrogen-bond acceptors (Lipinski definition) is 8. The lowest BCUT2D eigenvalue weighted by Crippen LogP contribution is -2.42. The molecule has 2 aromatic carbocycles. The Labute approximate surface area is 266 Å². The monoisotopic (exact) mass is 638 g/mol. The fourth-order valence-corrected chi connectivity index (χ4v) is 7.69. The second kappa shape index (κ2) is 12.4. The number of benzene rings is 2. The van der Waals surface area contributed by atoms with Gasteiger partial charge in [0.05, 0.1) is 35.6 Å². The molecule has 0 spiro atoms. The van der Waals surface area contributed by atoms with Crippen LogP contribution in [0, 0.1) is 0 Å². The summed E-state index contributed by atoms with van der Waals surface area (Å²) in [5.74, 6) is -0.471. The molecule has 1 fully saturated rings. The van der Waals surface area contributed by atoms with Crippen molar-refractivity contribution in [2.45, 2.75) is 19.5 Å². The Balaban J connectivity index is 1.38. The van der Waals surface area contributed by atoms with Gasteiger partial charge in [0.15, 0.2) is 4.80 Å². The molecule has 5 aromatic rings. The van der Waals surface area contributed by atoms with Crippen LogP contribution in [0.1, 0.15) is 29.0 Å². The maximum atomic E-state index is 14.3. The fourth-order valence-electron chi connectivity index (χ4n) is 5.88. The number of thiophene rings is 1. The first-order valence-electron chi connectivity index (χ1n) is 14.8. The molecule has 0 N–H and O–H groups in total. The first-order valence-corrected chi connectivity index (χ1v) is 16.5. The van der Waals surface area contributed by atoms with Gasteiger partial charge in [-0.2, -0.15) is 0 Å². The first kappa shape index (κ1) is 29.1. The molecule has 0 saturated carbocycles. The predicted octanol–water partition coefficient (Wildman–Crippen LogP) is 3.81. The third-order valence-electron chi connectivity index (χ3n) is 7.96. The van der Waals surface area contributed by atoms with Crippen LogP contribution in [0.15, 0.2) is 93.7 Å². The smallest absolute Gasteiger partial charge is 0.338 e. The average molecular weight is 639 g/mol. The number of aromatic nitrogens is 2. The van der Waals surface area contributed by atoms with E-state index < -0.39 is 12.0 Å². The summed E-state index contributed by atoms with van der Waals surface area (Å²) in [6.45, 7) is 4.40. The summed E-state index contributed by atoms with van der Waals surface area (Å²) in [6, 6.07) is 20.5. The van der Waals surface area contributed by atoms with Crippen LogP contribution in [-0.2, 0) is 25.6 Å². The largest absolute Gasteiger partial charge is 0.463 e. The van der Waals surface area contributed by atoms with Gasteiger partial charge in [-0.1, -0.05) is 65.9 Å². The molecule has 1 saturated heterocycles. The number of thiazole rings is 1. The third kappa shape index (κ3) is 5.47. The molecular formula is C34H30N4O5S2. The number of carbonyl (C=O) groups is 2. The van der Waals surface area contributed by atoms with E-state index in [1.54, 1.807) is 11.5 Å². The molecule has 3 aromatic heterocycles. The number of hydrogen-bond donors (Lipinski definition) is 0. The lowest BCUT2D eigenvalue weighted by molar-refractivity contribution is -0.139. The quantitative estimate of drug-likeness (QED) is 0.253. The molecule has 0 bridgehead atoms. The van der Waals surface area contributed by atoms with Crippen molar-refractivity contribution < 1.29 is 19.1 Å². The SMILES string of the molecule is CCOC(=O)C1=C(c2ccccc2)N=c2s/c(=C/c3cn(CC(=O)N4CCOCC4)c4ccccc34)c(=O)n2[C@H]1c1cccs1. The third-order valence-corrected chi connectivity index (χ3v) is 9.87. The number of rotatable bonds is 7. The number of fused-ring (bicyclic) bond motifs is 2. The minimum absolute atomic E-state index is 0.0286. The van der Waals surface area contributed by atoms with Gasteiger partial charge < -0.3 is 18.9 Å². The van der Waals surface area contributed by atoms with E-state index in [-0.39, 0.29) is 24.6 Å². The zero-order valence-electron chi connectivity index (χ0n) is 24.5. The van der Waals surface area contributed by atoms with Gasteiger partial charge in [0, 0.05) is 46.2 Å². The van der Waals surface area contributed by atoms with Crippen LogP contribution in [0.3, 0.4) is 0 Å². The van der Waals surface area contributed by atoms with E-state index >= 15 is 0 Å². The van der Waals surface area contributed by atoms with E-state index in [0.29, 0.717) is 46.9 Å². The van der Waals surface area contributed by atoms with Crippen molar-refractivity contribution in [1.82, 2.24) is 14.0 Å². The van der Waals surface area contributed by atoms with Gasteiger partial charge in [-0.3, -0.25) is 14.2 Å². The molecule has 1 amide bonds. The normalized spacial score (nSPS) is 17.0. The lowest BCUT2D eigenvalue weighted by atomic mass is 9.97. The fraction of sp³-hybridized carbons (Fsp3) is 0.235. The molecule has 9 nitrogen and oxygen atoms in total. The molecule has 0 radical (unpaired) electrons. The summed E-state index contributed by atoms with van der Waals surface area (Å²) < 4.78 is 15.0. The summed E-state index contributed by atoms with van der Waals surface area (Å²) in [5, 5.41) is 2.87. The molecule has 2 aliphatic rings. The summed E-state index contributed by atoms with van der Waals surface area (Å²) in [4.78, 5) is 49.0. The Bertz CT molecular complexity index is 2100. The van der Waals surface area contributed by atoms with E-state index in [1.807, 2.05) is 93.8 Å². The van der Waals surface area contributed by atoms with Gasteiger partial charge in [-0.25, -0.2) is 9.79 Å². The molecule has 2 aliphatic heterocycles. The van der Waals surface area contributed by atoms with Gasteiger partial charge in [0.2, 0.25) is 5.91 Å². The first-order chi connectivity index (χ1) is 22.0. The van der Waals surface area contributed by atoms with Crippen molar-refractivity contribution in [3.63, 3.8) is 0 Å². The molecular weight excluding hydrogens is 609 g/mol. The standard InChI is InChI=1S/C34H30N4O5S2/c1-2-43-33(41)29-30(22-9-4-3-5-10-22)35-34-38(31(29)26-13-8-18-44-26)32(40)27(45-34)19-23-20-37(25-12-7-6-11-24(23)25)21-28(39)36-14-16-42-17-15-36/h3-13,18-20,31H,2,14-17,21H2,1H3/b27-19+/t31-/m0/s1. The van der Waals surface area contributed by atoms with Crippen molar-refractivity contribution in [3.8, 4) is 0 Å². The highest BCUT2D eigenvalue weighted by Crippen LogP contribution is 2.37. The second-order valence-electron chi connectivity index (χ2n) is 10.7. The van der Waals surface area contributed by atoms with Crippen LogP contribution in [0.5, 0.6) is 0 Å². The molecule has 228 valence electrons. The van der Waals surface area contributed by atoms with E-state index in [2.05, 4.69) is 0 Å². The highest BCUT2D eigenvalue weighted by molar-refractivity contribution is 7.10. The maximum Gasteiger partial charge on any atom is 0.338 e. The molecule has 45 heavy (non-hydrogen) atoms. The van der Waals surface area contributed by atoms with Crippen molar-refractivity contribution in [2.24, 2.45) is 4.99 Å². The number of morpholine rings is 1. The van der Waals surface area contributed by atoms with Gasteiger partial charge in [-0.05, 0) is 30.5 Å². The number of carbonyl (C=O) groups excluding carboxylic acids is 2. The van der Waals surface area contributed by atoms with Gasteiger partial charge in [0.1, 0.15) is 12.6 Å². The summed E-state index contributed by atoms with van der Waals surface area (Å²) >= 11 is 2.76. The number of ether oxygens (including phenoxy) is 2. The van der Waals surface area contributed by atoms with Crippen LogP contribution >= 0.6 is 22.7 Å². The zero-order valence-corrected chi connectivity index (χ0v) is 26.2. The Kier molecular flexibility index (Phi) is 8.05. The van der Waals surface area contributed by atoms with Crippen molar-refractivity contribution in [3.05, 3.63) is 120 Å². The molecule has 5 heterocycles. The van der Waals surface area contributed by atoms with Gasteiger partial charge in [-0.15, -0.1) is 11.3 Å². The summed E-state index contributed by atoms with van der Waals surface area (Å²) in [6.07, 6.45) is 3.79. The summed E-state index contributed by atoms with van der Waals surface area (Å²) in [5.41, 5.74) is 3.10. The maximum absolute atomic E-state index is 14.3. The Morgan fingerprint density at radius 3 is 2.58 bits per heavy atom. The highest BCUT2D eigenvalue weighted by Gasteiger charge is 2.35. The van der Waals surface area contributed by atoms with Crippen LogP contribution in [0.4, 0.5) is 0 Å². The van der Waals surface area contributed by atoms with Crippen molar-refractivity contribution >= 4 is 57.2 Å². The van der Waals surface area contributed by atoms with Crippen LogP contribution in [-0.4, -0.2) is 58.8 Å². The van der Waals surface area contributed by atoms with Gasteiger partial charge in [0.25, 0.3) is 5.56 Å². The van der Waals surface area contributed by atoms with E-state index in [1.165, 1.54) is 22.7 Å². The number of nitrogens with zero attached hydrogens (tertiary/aromatic N) is 4. The van der Waals surface area contributed by atoms with Crippen LogP contribution < -0.4 is 14.9 Å². The predicted molar refractivity (Wildman–Crippen MR) is 175 cm³/mol. The number of para-hydroxylation sites is 1. The Morgan fingerprint density at radius 2 is 1.82 bits per heavy atom. The van der Waals surface area contributed by atoms with Crippen molar-refractivity contribution in [1.29, 1.82) is 0 Å². The van der Waals surface area contributed by atoms with E-state index in [4.69, 9.17) is 14.5 Å². The van der Waals surface area contributed by atoms with Crippen LogP contribution in [0.2, 0.25) is 0 Å². The second-order valence-corrected chi connectivity index (χ2v) is 12.7. The van der Waals surface area contributed by atoms with Crippen molar-refractivity contribution in [2.75, 3.05) is 32.9 Å². The lowest BCUT2D eigenvalue weighted by Gasteiger charge is -2.27. The summed E-state index contributed by atoms with van der Waals surface area (Å²) in [7, 11) is 0. The van der Waals surface area contributed by atoms with E-state index in [9.17, 15) is 14.4 Å². The molecule has 0 unspecified atom stereocenters. The molecule has 1 atom stereocenters. The van der Waals surface area contributed by atoms with Crippen LogP contribution in [0.25, 0.3) is 22.7 Å². The Hall–Kier alpha value is -4.58. The topological polar surface area (TPSA) is 95.1 Å². The van der Waals surface area contributed by atoms with E-state index in [0.717, 1.165) is 26.9 Å². The Morgan fingerprint density at radius 1 is 1.04 bits per heavy atom. The number of esters is 1. The van der Waals surface area contributed by atoms with Gasteiger partial charge >= 0.3 is 5.97 Å². The zero-order chi connectivity index (χ0) is 30.9. The average Bonchev–Trinajstić information content (AvgIpc) is 3.80.